The van der Waals surface area contributed by atoms with Crippen LogP contribution >= 0.6 is 11.8 Å². The first kappa shape index (κ1) is 5.50. The molecule has 1 aliphatic heterocycles. The molecular weight excluding hydrogens is 126 g/mol. The van der Waals surface area contributed by atoms with E-state index in [1.807, 2.05) is 0 Å². The molecule has 1 heterocycles. The van der Waals surface area contributed by atoms with E-state index in [-0.39, 0.29) is 0 Å². The Labute approximate surface area is 50.8 Å². The van der Waals surface area contributed by atoms with Crippen molar-refractivity contribution in [1.29, 1.82) is 0 Å². The molecule has 44 valence electrons. The molecule has 1 aliphatic rings. The molecule has 8 heavy (non-hydrogen) atoms. The summed E-state index contributed by atoms with van der Waals surface area (Å²) in [5.74, 6) is -0.165. The van der Waals surface area contributed by atoms with Gasteiger partial charge in [0.05, 0.1) is 5.88 Å². The highest BCUT2D eigenvalue weighted by molar-refractivity contribution is 8.04. The van der Waals surface area contributed by atoms with Crippen LogP contribution in [0.1, 0.15) is 0 Å². The molecule has 0 bridgehead atoms. The van der Waals surface area contributed by atoms with E-state index in [0.29, 0.717) is 10.8 Å². The number of hydrogen-bond acceptors (Lipinski definition) is 3. The molecular formula is C4H5NO2S. The van der Waals surface area contributed by atoms with Crippen LogP contribution in [0.3, 0.4) is 0 Å². The van der Waals surface area contributed by atoms with Crippen LogP contribution in [0, 0.1) is 0 Å². The average Bonchev–Trinajstić information content (AvgIpc) is 2.12. The largest absolute Gasteiger partial charge is 0.477 e. The summed E-state index contributed by atoms with van der Waals surface area (Å²) in [6, 6.07) is 0. The van der Waals surface area contributed by atoms with Gasteiger partial charge in [-0.15, -0.1) is 0 Å². The van der Waals surface area contributed by atoms with Crippen molar-refractivity contribution < 1.29 is 9.90 Å². The van der Waals surface area contributed by atoms with Gasteiger partial charge < -0.3 is 10.4 Å². The van der Waals surface area contributed by atoms with Crippen molar-refractivity contribution in [2.24, 2.45) is 0 Å². The first-order valence-electron chi connectivity index (χ1n) is 2.10. The summed E-state index contributed by atoms with van der Waals surface area (Å²) in [5, 5.41) is 11.1. The number of aliphatic carboxylic acids is 1. The minimum Gasteiger partial charge on any atom is -0.477 e. The van der Waals surface area contributed by atoms with Crippen LogP contribution in [0.15, 0.2) is 11.1 Å². The maximum Gasteiger partial charge on any atom is 0.343 e. The molecule has 2 N–H and O–H groups in total. The number of nitrogens with one attached hydrogen (secondary N) is 1. The Bertz CT molecular complexity index is 143. The highest BCUT2D eigenvalue weighted by Crippen LogP contribution is 2.17. The van der Waals surface area contributed by atoms with Gasteiger partial charge in [-0.3, -0.25) is 0 Å². The number of rotatable bonds is 1. The van der Waals surface area contributed by atoms with Crippen molar-refractivity contribution in [3.8, 4) is 0 Å². The molecule has 0 aromatic heterocycles. The van der Waals surface area contributed by atoms with E-state index in [2.05, 4.69) is 5.32 Å². The van der Waals surface area contributed by atoms with E-state index >= 15 is 0 Å². The van der Waals surface area contributed by atoms with Crippen LogP contribution in [0.25, 0.3) is 0 Å². The molecule has 0 saturated carbocycles. The predicted octanol–water partition coefficient (Wildman–Crippen LogP) is 0.206. The van der Waals surface area contributed by atoms with Gasteiger partial charge >= 0.3 is 5.97 Å². The highest BCUT2D eigenvalue weighted by Gasteiger charge is 2.10. The second-order valence-corrected chi connectivity index (χ2v) is 2.32. The van der Waals surface area contributed by atoms with Crippen molar-refractivity contribution in [2.45, 2.75) is 0 Å². The van der Waals surface area contributed by atoms with Crippen molar-refractivity contribution >= 4 is 17.7 Å². The fourth-order valence-electron chi connectivity index (χ4n) is 0.419. The van der Waals surface area contributed by atoms with E-state index in [1.54, 1.807) is 0 Å². The summed E-state index contributed by atoms with van der Waals surface area (Å²) in [5.41, 5.74) is 0. The van der Waals surface area contributed by atoms with E-state index < -0.39 is 5.97 Å². The second-order valence-electron chi connectivity index (χ2n) is 1.31. The first-order valence-corrected chi connectivity index (χ1v) is 3.09. The van der Waals surface area contributed by atoms with E-state index in [0.717, 1.165) is 0 Å². The molecule has 0 spiro atoms. The second kappa shape index (κ2) is 2.09. The van der Waals surface area contributed by atoms with Crippen molar-refractivity contribution in [1.82, 2.24) is 5.32 Å². The highest BCUT2D eigenvalue weighted by atomic mass is 32.2. The Morgan fingerprint density at radius 3 is 3.00 bits per heavy atom. The smallest absolute Gasteiger partial charge is 0.343 e. The standard InChI is InChI=1S/C4H5NO2S/c6-4(7)3-1-5-2-8-3/h1,5H,2H2,(H,6,7). The lowest BCUT2D eigenvalue weighted by Gasteiger charge is -1.85. The zero-order valence-corrected chi connectivity index (χ0v) is 4.86. The summed E-state index contributed by atoms with van der Waals surface area (Å²) in [4.78, 5) is 10.5. The molecule has 0 radical (unpaired) electrons. The topological polar surface area (TPSA) is 49.3 Å². The molecule has 1 rings (SSSR count). The van der Waals surface area contributed by atoms with Crippen LogP contribution in [0.5, 0.6) is 0 Å². The molecule has 0 fully saturated rings. The summed E-state index contributed by atoms with van der Waals surface area (Å²) in [6.45, 7) is 0. The Balaban J connectivity index is 2.57. The molecule has 0 saturated heterocycles. The van der Waals surface area contributed by atoms with Gasteiger partial charge in [0.1, 0.15) is 4.91 Å². The first-order chi connectivity index (χ1) is 3.80. The number of carboxylic acid groups (broad SMARTS) is 1. The number of carbonyl (C=O) groups is 1. The average molecular weight is 131 g/mol. The third-order valence-corrected chi connectivity index (χ3v) is 1.67. The Hall–Kier alpha value is -0.640. The van der Waals surface area contributed by atoms with Gasteiger partial charge in [0.15, 0.2) is 0 Å². The summed E-state index contributed by atoms with van der Waals surface area (Å²) in [6.07, 6.45) is 1.51. The Morgan fingerprint density at radius 1 is 2.00 bits per heavy atom. The number of carboxylic acids is 1. The molecule has 4 heteroatoms. The van der Waals surface area contributed by atoms with Crippen LogP contribution in [-0.4, -0.2) is 17.0 Å². The van der Waals surface area contributed by atoms with E-state index in [1.165, 1.54) is 18.0 Å². The molecule has 0 aliphatic carbocycles. The lowest BCUT2D eigenvalue weighted by atomic mass is 10.6. The number of thioether (sulfide) groups is 1. The van der Waals surface area contributed by atoms with Gasteiger partial charge in [-0.05, 0) is 0 Å². The SMILES string of the molecule is O=C(O)C1=CNCS1. The lowest BCUT2D eigenvalue weighted by molar-refractivity contribution is -0.131. The quantitative estimate of drug-likeness (QED) is 0.534. The molecule has 0 unspecified atom stereocenters. The van der Waals surface area contributed by atoms with Crippen molar-refractivity contribution in [3.05, 3.63) is 11.1 Å². The minimum absolute atomic E-state index is 0.394. The summed E-state index contributed by atoms with van der Waals surface area (Å²) < 4.78 is 0. The third-order valence-electron chi connectivity index (χ3n) is 0.755. The molecule has 3 nitrogen and oxygen atoms in total. The van der Waals surface area contributed by atoms with Gasteiger partial charge in [-0.2, -0.15) is 0 Å². The summed E-state index contributed by atoms with van der Waals surface area (Å²) >= 11 is 1.30. The maximum absolute atomic E-state index is 10.1. The Morgan fingerprint density at radius 2 is 2.75 bits per heavy atom. The predicted molar refractivity (Wildman–Crippen MR) is 31.3 cm³/mol. The zero-order valence-electron chi connectivity index (χ0n) is 4.05. The van der Waals surface area contributed by atoms with Gasteiger partial charge in [-0.1, -0.05) is 11.8 Å². The fraction of sp³-hybridized carbons (Fsp3) is 0.250. The fourth-order valence-corrected chi connectivity index (χ4v) is 1.03. The van der Waals surface area contributed by atoms with Crippen LogP contribution in [-0.2, 0) is 4.79 Å². The van der Waals surface area contributed by atoms with E-state index in [4.69, 9.17) is 5.11 Å². The molecule has 0 aromatic carbocycles. The van der Waals surface area contributed by atoms with Crippen LogP contribution in [0.2, 0.25) is 0 Å². The van der Waals surface area contributed by atoms with Gasteiger partial charge in [0.25, 0.3) is 0 Å². The zero-order chi connectivity index (χ0) is 5.98. The van der Waals surface area contributed by atoms with Crippen molar-refractivity contribution in [2.75, 3.05) is 5.88 Å². The van der Waals surface area contributed by atoms with Gasteiger partial charge in [0, 0.05) is 6.20 Å². The van der Waals surface area contributed by atoms with Gasteiger partial charge in [0.2, 0.25) is 0 Å². The monoisotopic (exact) mass is 131 g/mol. The van der Waals surface area contributed by atoms with Crippen LogP contribution in [0.4, 0.5) is 0 Å². The number of hydrogen-bond donors (Lipinski definition) is 2. The maximum atomic E-state index is 10.1. The molecule has 0 amide bonds. The molecule has 0 aromatic rings. The lowest BCUT2D eigenvalue weighted by Crippen LogP contribution is -1.95. The van der Waals surface area contributed by atoms with Crippen molar-refractivity contribution in [3.63, 3.8) is 0 Å². The Kier molecular flexibility index (Phi) is 1.43. The van der Waals surface area contributed by atoms with E-state index in [9.17, 15) is 4.79 Å². The minimum atomic E-state index is -0.847. The van der Waals surface area contributed by atoms with Gasteiger partial charge in [-0.25, -0.2) is 4.79 Å². The summed E-state index contributed by atoms with van der Waals surface area (Å²) in [7, 11) is 0. The van der Waals surface area contributed by atoms with Crippen LogP contribution < -0.4 is 5.32 Å². The normalized spacial score (nSPS) is 17.2. The third kappa shape index (κ3) is 0.949. The molecule has 0 atom stereocenters.